The number of rotatable bonds is 2. The summed E-state index contributed by atoms with van der Waals surface area (Å²) in [6, 6.07) is 1.52. The molecule has 0 N–H and O–H groups in total. The van der Waals surface area contributed by atoms with Gasteiger partial charge < -0.3 is 14.5 Å². The SMILES string of the molecule is Cc1cc([N+](=O)[O-])cnc1N1CCN(C(=O)OC(C)(C)C)CC1. The molecule has 126 valence electrons. The molecule has 1 aromatic heterocycles. The van der Waals surface area contributed by atoms with Crippen LogP contribution in [0.3, 0.4) is 0 Å². The van der Waals surface area contributed by atoms with Crippen molar-refractivity contribution in [2.45, 2.75) is 33.3 Å². The van der Waals surface area contributed by atoms with E-state index < -0.39 is 10.5 Å². The average Bonchev–Trinajstić information content (AvgIpc) is 2.45. The fraction of sp³-hybridized carbons (Fsp3) is 0.600. The Labute approximate surface area is 135 Å². The van der Waals surface area contributed by atoms with E-state index in [-0.39, 0.29) is 11.8 Å². The van der Waals surface area contributed by atoms with Crippen molar-refractivity contribution in [1.29, 1.82) is 0 Å². The zero-order valence-corrected chi connectivity index (χ0v) is 13.9. The molecule has 1 saturated heterocycles. The highest BCUT2D eigenvalue weighted by Gasteiger charge is 2.27. The minimum atomic E-state index is -0.509. The molecule has 0 radical (unpaired) electrons. The maximum absolute atomic E-state index is 12.0. The van der Waals surface area contributed by atoms with Crippen LogP contribution < -0.4 is 4.90 Å². The van der Waals surface area contributed by atoms with Crippen molar-refractivity contribution in [3.63, 3.8) is 0 Å². The van der Waals surface area contributed by atoms with Crippen LogP contribution in [-0.4, -0.2) is 52.7 Å². The Kier molecular flexibility index (Phi) is 4.72. The fourth-order valence-corrected chi connectivity index (χ4v) is 2.41. The maximum atomic E-state index is 12.0. The third-order valence-corrected chi connectivity index (χ3v) is 3.48. The van der Waals surface area contributed by atoms with Crippen molar-refractivity contribution in [1.82, 2.24) is 9.88 Å². The van der Waals surface area contributed by atoms with Crippen molar-refractivity contribution in [3.05, 3.63) is 27.9 Å². The van der Waals surface area contributed by atoms with E-state index in [0.717, 1.165) is 11.4 Å². The van der Waals surface area contributed by atoms with Gasteiger partial charge in [-0.1, -0.05) is 0 Å². The van der Waals surface area contributed by atoms with Crippen molar-refractivity contribution in [2.24, 2.45) is 0 Å². The number of pyridine rings is 1. The van der Waals surface area contributed by atoms with E-state index in [0.29, 0.717) is 26.2 Å². The van der Waals surface area contributed by atoms with Crippen LogP contribution in [-0.2, 0) is 4.74 Å². The number of amides is 1. The molecule has 1 aliphatic heterocycles. The lowest BCUT2D eigenvalue weighted by Crippen LogP contribution is -2.50. The Hall–Kier alpha value is -2.38. The molecule has 2 rings (SSSR count). The fourth-order valence-electron chi connectivity index (χ4n) is 2.41. The normalized spacial score (nSPS) is 15.5. The smallest absolute Gasteiger partial charge is 0.410 e. The Balaban J connectivity index is 1.99. The van der Waals surface area contributed by atoms with Crippen molar-refractivity contribution in [2.75, 3.05) is 31.1 Å². The third-order valence-electron chi connectivity index (χ3n) is 3.48. The monoisotopic (exact) mass is 322 g/mol. The van der Waals surface area contributed by atoms with E-state index in [1.165, 1.54) is 12.3 Å². The number of anilines is 1. The van der Waals surface area contributed by atoms with Gasteiger partial charge in [-0.05, 0) is 33.3 Å². The van der Waals surface area contributed by atoms with Gasteiger partial charge in [0.25, 0.3) is 5.69 Å². The van der Waals surface area contributed by atoms with Gasteiger partial charge in [0.15, 0.2) is 0 Å². The predicted molar refractivity (Wildman–Crippen MR) is 85.6 cm³/mol. The van der Waals surface area contributed by atoms with Gasteiger partial charge in [0, 0.05) is 32.2 Å². The number of ether oxygens (including phenoxy) is 1. The largest absolute Gasteiger partial charge is 0.444 e. The molecule has 1 aromatic rings. The number of carbonyl (C=O) groups is 1. The second-order valence-corrected chi connectivity index (χ2v) is 6.55. The lowest BCUT2D eigenvalue weighted by Gasteiger charge is -2.36. The standard InChI is InChI=1S/C15H22N4O4/c1-11-9-12(19(21)22)10-16-13(11)17-5-7-18(8-6-17)14(20)23-15(2,3)4/h9-10H,5-8H2,1-4H3. The summed E-state index contributed by atoms with van der Waals surface area (Å²) in [7, 11) is 0. The molecule has 1 fully saturated rings. The van der Waals surface area contributed by atoms with E-state index in [1.807, 2.05) is 25.7 Å². The van der Waals surface area contributed by atoms with E-state index in [4.69, 9.17) is 4.74 Å². The van der Waals surface area contributed by atoms with Crippen LogP contribution >= 0.6 is 0 Å². The van der Waals surface area contributed by atoms with Gasteiger partial charge in [-0.25, -0.2) is 9.78 Å². The van der Waals surface area contributed by atoms with Gasteiger partial charge in [-0.2, -0.15) is 0 Å². The zero-order chi connectivity index (χ0) is 17.2. The first-order chi connectivity index (χ1) is 10.7. The van der Waals surface area contributed by atoms with Crippen molar-refractivity contribution >= 4 is 17.6 Å². The van der Waals surface area contributed by atoms with E-state index >= 15 is 0 Å². The molecule has 0 aliphatic carbocycles. The summed E-state index contributed by atoms with van der Waals surface area (Å²) in [4.78, 5) is 30.2. The first kappa shape index (κ1) is 17.0. The molecule has 0 atom stereocenters. The van der Waals surface area contributed by atoms with Gasteiger partial charge in [0.05, 0.1) is 4.92 Å². The maximum Gasteiger partial charge on any atom is 0.410 e. The van der Waals surface area contributed by atoms with Crippen molar-refractivity contribution in [3.8, 4) is 0 Å². The summed E-state index contributed by atoms with van der Waals surface area (Å²) < 4.78 is 5.36. The van der Waals surface area contributed by atoms with Crippen LogP contribution in [0.25, 0.3) is 0 Å². The van der Waals surface area contributed by atoms with E-state index in [9.17, 15) is 14.9 Å². The Bertz CT molecular complexity index is 604. The van der Waals surface area contributed by atoms with E-state index in [2.05, 4.69) is 4.98 Å². The summed E-state index contributed by atoms with van der Waals surface area (Å²) in [5.41, 5.74) is 0.230. The molecule has 1 amide bonds. The number of carbonyl (C=O) groups excluding carboxylic acids is 1. The molecular formula is C15H22N4O4. The predicted octanol–water partition coefficient (Wildman–Crippen LogP) is 2.36. The summed E-state index contributed by atoms with van der Waals surface area (Å²) in [6.07, 6.45) is 0.952. The topological polar surface area (TPSA) is 88.8 Å². The van der Waals surface area contributed by atoms with Gasteiger partial charge in [-0.3, -0.25) is 10.1 Å². The zero-order valence-electron chi connectivity index (χ0n) is 13.9. The Morgan fingerprint density at radius 2 is 1.91 bits per heavy atom. The molecule has 0 unspecified atom stereocenters. The molecule has 1 aliphatic rings. The second kappa shape index (κ2) is 6.39. The molecule has 23 heavy (non-hydrogen) atoms. The lowest BCUT2D eigenvalue weighted by atomic mass is 10.2. The number of piperazine rings is 1. The van der Waals surface area contributed by atoms with Gasteiger partial charge in [0.1, 0.15) is 17.6 Å². The van der Waals surface area contributed by atoms with Crippen LogP contribution in [0.15, 0.2) is 12.3 Å². The number of nitrogens with zero attached hydrogens (tertiary/aromatic N) is 4. The molecule has 0 saturated carbocycles. The molecule has 0 spiro atoms. The first-order valence-corrected chi connectivity index (χ1v) is 7.51. The molecule has 0 bridgehead atoms. The highest BCUT2D eigenvalue weighted by atomic mass is 16.6. The average molecular weight is 322 g/mol. The van der Waals surface area contributed by atoms with Gasteiger partial charge in [0.2, 0.25) is 0 Å². The number of nitro groups is 1. The van der Waals surface area contributed by atoms with Gasteiger partial charge in [-0.15, -0.1) is 0 Å². The molecule has 8 nitrogen and oxygen atoms in total. The molecule has 8 heteroatoms. The lowest BCUT2D eigenvalue weighted by molar-refractivity contribution is -0.385. The Morgan fingerprint density at radius 3 is 2.39 bits per heavy atom. The van der Waals surface area contributed by atoms with Crippen molar-refractivity contribution < 1.29 is 14.5 Å². The third kappa shape index (κ3) is 4.30. The van der Waals surface area contributed by atoms with Crippen LogP contribution in [0.4, 0.5) is 16.3 Å². The summed E-state index contributed by atoms with van der Waals surface area (Å²) in [5, 5.41) is 10.8. The summed E-state index contributed by atoms with van der Waals surface area (Å²) in [6.45, 7) is 9.62. The van der Waals surface area contributed by atoms with Crippen LogP contribution in [0.2, 0.25) is 0 Å². The first-order valence-electron chi connectivity index (χ1n) is 7.51. The number of hydrogen-bond acceptors (Lipinski definition) is 6. The minimum Gasteiger partial charge on any atom is -0.444 e. The molecule has 0 aromatic carbocycles. The number of hydrogen-bond donors (Lipinski definition) is 0. The Morgan fingerprint density at radius 1 is 1.30 bits per heavy atom. The van der Waals surface area contributed by atoms with Crippen LogP contribution in [0.1, 0.15) is 26.3 Å². The van der Waals surface area contributed by atoms with E-state index in [1.54, 1.807) is 11.8 Å². The summed E-state index contributed by atoms with van der Waals surface area (Å²) in [5.74, 6) is 0.722. The quantitative estimate of drug-likeness (QED) is 0.613. The highest BCUT2D eigenvalue weighted by molar-refractivity contribution is 5.68. The second-order valence-electron chi connectivity index (χ2n) is 6.55. The minimum absolute atomic E-state index is 0.0151. The summed E-state index contributed by atoms with van der Waals surface area (Å²) >= 11 is 0. The number of aryl methyl sites for hydroxylation is 1. The van der Waals surface area contributed by atoms with Gasteiger partial charge >= 0.3 is 6.09 Å². The number of aromatic nitrogens is 1. The molecular weight excluding hydrogens is 300 g/mol. The van der Waals surface area contributed by atoms with Crippen LogP contribution in [0.5, 0.6) is 0 Å². The highest BCUT2D eigenvalue weighted by Crippen LogP contribution is 2.23. The molecule has 2 heterocycles. The van der Waals surface area contributed by atoms with Crippen LogP contribution in [0, 0.1) is 17.0 Å².